The van der Waals surface area contributed by atoms with Crippen molar-refractivity contribution in [2.24, 2.45) is 0 Å². The molecule has 4 N–H and O–H groups in total. The van der Waals surface area contributed by atoms with Crippen molar-refractivity contribution >= 4 is 40.3 Å². The minimum absolute atomic E-state index is 0.223. The number of ketones is 1. The fourth-order valence-electron chi connectivity index (χ4n) is 5.63. The van der Waals surface area contributed by atoms with Crippen LogP contribution in [0.2, 0.25) is 0 Å². The first-order valence-electron chi connectivity index (χ1n) is 14.5. The molecule has 41 heavy (non-hydrogen) atoms. The second kappa shape index (κ2) is 13.5. The molecule has 0 fully saturated rings. The van der Waals surface area contributed by atoms with E-state index in [9.17, 15) is 14.4 Å². The van der Waals surface area contributed by atoms with E-state index in [-0.39, 0.29) is 28.7 Å². The van der Waals surface area contributed by atoms with Crippen LogP contribution < -0.4 is 21.3 Å². The number of hydrogen-bond donors (Lipinski definition) is 4. The first-order valence-corrected chi connectivity index (χ1v) is 14.5. The fourth-order valence-corrected chi connectivity index (χ4v) is 5.63. The summed E-state index contributed by atoms with van der Waals surface area (Å²) in [6, 6.07) is 8.68. The van der Waals surface area contributed by atoms with E-state index in [0.717, 1.165) is 81.8 Å². The summed E-state index contributed by atoms with van der Waals surface area (Å²) in [6.45, 7) is 13.9. The summed E-state index contributed by atoms with van der Waals surface area (Å²) in [6.07, 6.45) is 3.10. The molecule has 3 aromatic carbocycles. The summed E-state index contributed by atoms with van der Waals surface area (Å²) in [5, 5.41) is 12.7. The second-order valence-electron chi connectivity index (χ2n) is 10.3. The number of rotatable bonds is 11. The highest BCUT2D eigenvalue weighted by Crippen LogP contribution is 2.34. The minimum atomic E-state index is -0.375. The zero-order valence-electron chi connectivity index (χ0n) is 25.9. The maximum Gasteiger partial charge on any atom is 0.255 e. The zero-order valence-corrected chi connectivity index (χ0v) is 25.9. The average Bonchev–Trinajstić information content (AvgIpc) is 2.97. The lowest BCUT2D eigenvalue weighted by Crippen LogP contribution is -2.19. The van der Waals surface area contributed by atoms with Gasteiger partial charge in [0.05, 0.1) is 0 Å². The molecular weight excluding hydrogens is 512 g/mol. The maximum atomic E-state index is 13.6. The van der Waals surface area contributed by atoms with E-state index < -0.39 is 0 Å². The van der Waals surface area contributed by atoms with Gasteiger partial charge in [0.1, 0.15) is 0 Å². The summed E-state index contributed by atoms with van der Waals surface area (Å²) >= 11 is 0. The lowest BCUT2D eigenvalue weighted by Gasteiger charge is -2.20. The Kier molecular flexibility index (Phi) is 10.3. The van der Waals surface area contributed by atoms with Crippen LogP contribution in [0.25, 0.3) is 0 Å². The van der Waals surface area contributed by atoms with E-state index >= 15 is 0 Å². The van der Waals surface area contributed by atoms with Crippen molar-refractivity contribution in [3.05, 3.63) is 80.4 Å². The number of anilines is 4. The Morgan fingerprint density at radius 2 is 0.951 bits per heavy atom. The van der Waals surface area contributed by atoms with Gasteiger partial charge in [0.2, 0.25) is 0 Å². The standard InChI is InChI=1S/C34H44N4O3/c1-10-22-17-29(27(12-3)31(35-8)19(22)5)37-33(40)25-14-24(21(7)39)15-26(16-25)34(41)38-30-18-23(11-2)20(6)32(36-9)28(30)13-4/h14-18,35-36H,10-13H2,1-9H3,(H,37,40)(H,38,41). The molecule has 218 valence electrons. The third-order valence-electron chi connectivity index (χ3n) is 7.93. The van der Waals surface area contributed by atoms with Crippen LogP contribution in [0.1, 0.15) is 99.1 Å². The van der Waals surface area contributed by atoms with Crippen LogP contribution in [0.3, 0.4) is 0 Å². The average molecular weight is 557 g/mol. The van der Waals surface area contributed by atoms with E-state index in [4.69, 9.17) is 0 Å². The van der Waals surface area contributed by atoms with Gasteiger partial charge in [-0.1, -0.05) is 27.7 Å². The van der Waals surface area contributed by atoms with Crippen molar-refractivity contribution in [1.82, 2.24) is 0 Å². The van der Waals surface area contributed by atoms with Gasteiger partial charge in [0.15, 0.2) is 5.78 Å². The molecule has 0 aliphatic rings. The molecule has 0 saturated carbocycles. The first-order chi connectivity index (χ1) is 19.5. The first kappa shape index (κ1) is 31.4. The molecule has 0 spiro atoms. The number of carbonyl (C=O) groups excluding carboxylic acids is 3. The molecule has 3 rings (SSSR count). The maximum absolute atomic E-state index is 13.6. The molecule has 7 nitrogen and oxygen atoms in total. The number of carbonyl (C=O) groups is 3. The summed E-state index contributed by atoms with van der Waals surface area (Å²) in [5.74, 6) is -0.973. The van der Waals surface area contributed by atoms with Crippen molar-refractivity contribution in [1.29, 1.82) is 0 Å². The van der Waals surface area contributed by atoms with Gasteiger partial charge in [-0.3, -0.25) is 14.4 Å². The molecule has 0 unspecified atom stereocenters. The number of Topliss-reactive ketones (excluding diaryl/α,β-unsaturated/α-hetero) is 1. The Labute approximate surface area is 244 Å². The van der Waals surface area contributed by atoms with Gasteiger partial charge in [-0.2, -0.15) is 0 Å². The number of hydrogen-bond acceptors (Lipinski definition) is 5. The highest BCUT2D eigenvalue weighted by atomic mass is 16.2. The summed E-state index contributed by atoms with van der Waals surface area (Å²) in [7, 11) is 3.77. The Morgan fingerprint density at radius 3 is 1.24 bits per heavy atom. The van der Waals surface area contributed by atoms with Crippen molar-refractivity contribution < 1.29 is 14.4 Å². The van der Waals surface area contributed by atoms with E-state index in [1.165, 1.54) is 6.92 Å². The molecule has 0 radical (unpaired) electrons. The van der Waals surface area contributed by atoms with Gasteiger partial charge in [-0.15, -0.1) is 0 Å². The lowest BCUT2D eigenvalue weighted by atomic mass is 9.95. The van der Waals surface area contributed by atoms with Gasteiger partial charge >= 0.3 is 0 Å². The van der Waals surface area contributed by atoms with Gasteiger partial charge in [-0.25, -0.2) is 0 Å². The van der Waals surface area contributed by atoms with Crippen molar-refractivity contribution in [2.75, 3.05) is 35.4 Å². The van der Waals surface area contributed by atoms with Crippen LogP contribution in [0.15, 0.2) is 30.3 Å². The Hall–Kier alpha value is -4.13. The Bertz CT molecular complexity index is 1390. The molecule has 0 atom stereocenters. The SMILES string of the molecule is CCc1cc(NC(=O)c2cc(C(C)=O)cc(C(=O)Nc3cc(CC)c(C)c(NC)c3CC)c2)c(CC)c(NC)c1C. The van der Waals surface area contributed by atoms with E-state index in [2.05, 4.69) is 62.8 Å². The van der Waals surface area contributed by atoms with Gasteiger partial charge in [0.25, 0.3) is 11.8 Å². The number of nitrogens with one attached hydrogen (secondary N) is 4. The fraction of sp³-hybridized carbons (Fsp3) is 0.382. The normalized spacial score (nSPS) is 10.8. The third kappa shape index (κ3) is 6.45. The van der Waals surface area contributed by atoms with Crippen molar-refractivity contribution in [2.45, 2.75) is 74.1 Å². The summed E-state index contributed by atoms with van der Waals surface area (Å²) in [4.78, 5) is 39.6. The Morgan fingerprint density at radius 1 is 0.585 bits per heavy atom. The van der Waals surface area contributed by atoms with Crippen LogP contribution in [0.5, 0.6) is 0 Å². The number of benzene rings is 3. The molecule has 0 saturated heterocycles. The molecule has 7 heteroatoms. The molecule has 3 aromatic rings. The quantitative estimate of drug-likeness (QED) is 0.185. The monoisotopic (exact) mass is 556 g/mol. The molecule has 0 bridgehead atoms. The number of amides is 2. The highest BCUT2D eigenvalue weighted by Gasteiger charge is 2.20. The smallest absolute Gasteiger partial charge is 0.255 e. The molecule has 0 aliphatic heterocycles. The molecular formula is C34H44N4O3. The molecule has 0 aromatic heterocycles. The zero-order chi connectivity index (χ0) is 30.4. The molecule has 0 heterocycles. The second-order valence-corrected chi connectivity index (χ2v) is 10.3. The predicted octanol–water partition coefficient (Wildman–Crippen LogP) is 7.34. The van der Waals surface area contributed by atoms with Crippen LogP contribution >= 0.6 is 0 Å². The van der Waals surface area contributed by atoms with Crippen molar-refractivity contribution in [3.8, 4) is 0 Å². The van der Waals surface area contributed by atoms with E-state index in [1.807, 2.05) is 26.2 Å². The Balaban J connectivity index is 2.05. The topological polar surface area (TPSA) is 99.3 Å². The van der Waals surface area contributed by atoms with E-state index in [0.29, 0.717) is 5.56 Å². The van der Waals surface area contributed by atoms with E-state index in [1.54, 1.807) is 18.2 Å². The summed E-state index contributed by atoms with van der Waals surface area (Å²) < 4.78 is 0. The largest absolute Gasteiger partial charge is 0.388 e. The molecule has 2 amide bonds. The van der Waals surface area contributed by atoms with Crippen molar-refractivity contribution in [3.63, 3.8) is 0 Å². The minimum Gasteiger partial charge on any atom is -0.388 e. The molecule has 0 aliphatic carbocycles. The van der Waals surface area contributed by atoms with Gasteiger partial charge < -0.3 is 21.3 Å². The number of aryl methyl sites for hydroxylation is 2. The summed E-state index contributed by atoms with van der Waals surface area (Å²) in [5.41, 5.74) is 10.9. The van der Waals surface area contributed by atoms with Crippen LogP contribution in [-0.2, 0) is 25.7 Å². The van der Waals surface area contributed by atoms with Gasteiger partial charge in [0, 0.05) is 53.5 Å². The van der Waals surface area contributed by atoms with Gasteiger partial charge in [-0.05, 0) is 110 Å². The lowest BCUT2D eigenvalue weighted by molar-refractivity contribution is 0.101. The predicted molar refractivity (Wildman–Crippen MR) is 171 cm³/mol. The van der Waals surface area contributed by atoms with Crippen LogP contribution in [0.4, 0.5) is 22.7 Å². The van der Waals surface area contributed by atoms with Crippen LogP contribution in [-0.4, -0.2) is 31.7 Å². The van der Waals surface area contributed by atoms with Crippen LogP contribution in [0, 0.1) is 13.8 Å². The highest BCUT2D eigenvalue weighted by molar-refractivity contribution is 6.11. The third-order valence-corrected chi connectivity index (χ3v) is 7.93.